The van der Waals surface area contributed by atoms with E-state index in [-0.39, 0.29) is 0 Å². The van der Waals surface area contributed by atoms with Crippen LogP contribution >= 0.6 is 0 Å². The fraction of sp³-hybridized carbons (Fsp3) is 1.00. The Kier molecular flexibility index (Phi) is 4.31. The fourth-order valence-corrected chi connectivity index (χ4v) is 4.46. The summed E-state index contributed by atoms with van der Waals surface area (Å²) in [6, 6.07) is 0. The molecule has 2 heterocycles. The molecule has 0 spiro atoms. The van der Waals surface area contributed by atoms with E-state index in [0.717, 1.165) is 25.7 Å². The molecule has 18 heavy (non-hydrogen) atoms. The topological polar surface area (TPSA) is 60.9 Å². The summed E-state index contributed by atoms with van der Waals surface area (Å²) in [5, 5.41) is 10.0. The Balaban J connectivity index is 2.05. The quantitative estimate of drug-likeness (QED) is 0.817. The lowest BCUT2D eigenvalue weighted by atomic mass is 9.98. The highest BCUT2D eigenvalue weighted by Crippen LogP contribution is 2.25. The predicted octanol–water partition coefficient (Wildman–Crippen LogP) is 0.954. The lowest BCUT2D eigenvalue weighted by molar-refractivity contribution is 0.0464. The van der Waals surface area contributed by atoms with Gasteiger partial charge in [0.15, 0.2) is 0 Å². The number of nitrogens with zero attached hydrogens (tertiary/aromatic N) is 2. The van der Waals surface area contributed by atoms with E-state index >= 15 is 0 Å². The molecule has 1 N–H and O–H groups in total. The molecule has 1 unspecified atom stereocenters. The minimum Gasteiger partial charge on any atom is -0.390 e. The van der Waals surface area contributed by atoms with Gasteiger partial charge in [-0.05, 0) is 39.0 Å². The molecule has 5 nitrogen and oxygen atoms in total. The Hall–Kier alpha value is -0.170. The highest BCUT2D eigenvalue weighted by Gasteiger charge is 2.34. The van der Waals surface area contributed by atoms with Gasteiger partial charge in [0.1, 0.15) is 0 Å². The van der Waals surface area contributed by atoms with Crippen molar-refractivity contribution >= 4 is 10.2 Å². The molecule has 1 atom stereocenters. The zero-order valence-corrected chi connectivity index (χ0v) is 12.0. The van der Waals surface area contributed by atoms with Crippen molar-refractivity contribution in [1.82, 2.24) is 8.61 Å². The molecule has 2 aliphatic heterocycles. The number of piperidine rings is 1. The van der Waals surface area contributed by atoms with E-state index in [2.05, 4.69) is 0 Å². The van der Waals surface area contributed by atoms with Gasteiger partial charge < -0.3 is 5.11 Å². The van der Waals surface area contributed by atoms with Gasteiger partial charge in [0.2, 0.25) is 0 Å². The fourth-order valence-electron chi connectivity index (χ4n) is 2.73. The summed E-state index contributed by atoms with van der Waals surface area (Å²) in [5.74, 6) is 0. The van der Waals surface area contributed by atoms with Crippen LogP contribution < -0.4 is 0 Å². The molecule has 0 aromatic carbocycles. The molecule has 0 bridgehead atoms. The Bertz CT molecular complexity index is 375. The molecule has 6 heteroatoms. The van der Waals surface area contributed by atoms with Gasteiger partial charge in [-0.3, -0.25) is 0 Å². The third kappa shape index (κ3) is 3.23. The molecule has 2 rings (SSSR count). The first-order valence-electron chi connectivity index (χ1n) is 6.89. The van der Waals surface area contributed by atoms with E-state index in [9.17, 15) is 13.5 Å². The van der Waals surface area contributed by atoms with Crippen molar-refractivity contribution in [2.45, 2.75) is 51.0 Å². The number of hydrogen-bond donors (Lipinski definition) is 1. The lowest BCUT2D eigenvalue weighted by Crippen LogP contribution is -2.46. The van der Waals surface area contributed by atoms with Gasteiger partial charge in [0.05, 0.1) is 5.60 Å². The molecule has 0 radical (unpaired) electrons. The Morgan fingerprint density at radius 2 is 1.44 bits per heavy atom. The van der Waals surface area contributed by atoms with Crippen molar-refractivity contribution < 1.29 is 13.5 Å². The summed E-state index contributed by atoms with van der Waals surface area (Å²) in [5.41, 5.74) is -0.716. The SMILES string of the molecule is CC1(O)CCCN(S(=O)(=O)N2CCCCC2)CC1. The highest BCUT2D eigenvalue weighted by atomic mass is 32.2. The van der Waals surface area contributed by atoms with Crippen molar-refractivity contribution in [3.8, 4) is 0 Å². The van der Waals surface area contributed by atoms with Crippen LogP contribution in [0.2, 0.25) is 0 Å². The van der Waals surface area contributed by atoms with E-state index in [4.69, 9.17) is 0 Å². The summed E-state index contributed by atoms with van der Waals surface area (Å²) in [7, 11) is -3.30. The Morgan fingerprint density at radius 1 is 0.889 bits per heavy atom. The van der Waals surface area contributed by atoms with Crippen molar-refractivity contribution in [2.24, 2.45) is 0 Å². The lowest BCUT2D eigenvalue weighted by Gasteiger charge is -2.31. The van der Waals surface area contributed by atoms with E-state index in [1.165, 1.54) is 0 Å². The minimum absolute atomic E-state index is 0.436. The summed E-state index contributed by atoms with van der Waals surface area (Å²) >= 11 is 0. The van der Waals surface area contributed by atoms with Crippen molar-refractivity contribution in [2.75, 3.05) is 26.2 Å². The average Bonchev–Trinajstić information content (AvgIpc) is 2.52. The molecule has 106 valence electrons. The second-order valence-electron chi connectivity index (χ2n) is 5.72. The minimum atomic E-state index is -3.30. The van der Waals surface area contributed by atoms with Gasteiger partial charge in [0.25, 0.3) is 10.2 Å². The normalized spacial score (nSPS) is 33.2. The van der Waals surface area contributed by atoms with Gasteiger partial charge in [-0.2, -0.15) is 17.0 Å². The summed E-state index contributed by atoms with van der Waals surface area (Å²) < 4.78 is 28.1. The summed E-state index contributed by atoms with van der Waals surface area (Å²) in [6.45, 7) is 4.06. The van der Waals surface area contributed by atoms with Crippen LogP contribution in [0.4, 0.5) is 0 Å². The summed E-state index contributed by atoms with van der Waals surface area (Å²) in [6.07, 6.45) is 5.00. The van der Waals surface area contributed by atoms with E-state index in [1.807, 2.05) is 0 Å². The van der Waals surface area contributed by atoms with Gasteiger partial charge in [0, 0.05) is 26.2 Å². The van der Waals surface area contributed by atoms with Crippen molar-refractivity contribution in [3.05, 3.63) is 0 Å². The van der Waals surface area contributed by atoms with Crippen LogP contribution in [-0.4, -0.2) is 53.9 Å². The number of rotatable bonds is 2. The zero-order chi connectivity index (χ0) is 13.2. The Morgan fingerprint density at radius 3 is 2.11 bits per heavy atom. The first kappa shape index (κ1) is 14.2. The summed E-state index contributed by atoms with van der Waals surface area (Å²) in [4.78, 5) is 0. The van der Waals surface area contributed by atoms with Gasteiger partial charge >= 0.3 is 0 Å². The standard InChI is InChI=1S/C12H24N2O3S/c1-12(15)6-5-10-14(11-7-12)18(16,17)13-8-3-2-4-9-13/h15H,2-11H2,1H3. The van der Waals surface area contributed by atoms with Gasteiger partial charge in [-0.1, -0.05) is 6.42 Å². The molecule has 0 aromatic heterocycles. The Labute approximate surface area is 110 Å². The van der Waals surface area contributed by atoms with Crippen LogP contribution in [0.5, 0.6) is 0 Å². The third-order valence-electron chi connectivity index (χ3n) is 3.99. The van der Waals surface area contributed by atoms with E-state index < -0.39 is 15.8 Å². The first-order chi connectivity index (χ1) is 8.42. The molecule has 0 aliphatic carbocycles. The maximum atomic E-state index is 12.5. The highest BCUT2D eigenvalue weighted by molar-refractivity contribution is 7.86. The number of aliphatic hydroxyl groups is 1. The van der Waals surface area contributed by atoms with Crippen LogP contribution in [-0.2, 0) is 10.2 Å². The molecule has 2 aliphatic rings. The molecular formula is C12H24N2O3S. The maximum Gasteiger partial charge on any atom is 0.281 e. The van der Waals surface area contributed by atoms with Crippen LogP contribution in [0.3, 0.4) is 0 Å². The second kappa shape index (κ2) is 5.45. The van der Waals surface area contributed by atoms with Crippen LogP contribution in [0.25, 0.3) is 0 Å². The first-order valence-corrected chi connectivity index (χ1v) is 8.29. The monoisotopic (exact) mass is 276 g/mol. The number of hydrogen-bond acceptors (Lipinski definition) is 3. The second-order valence-corrected chi connectivity index (χ2v) is 7.65. The zero-order valence-electron chi connectivity index (χ0n) is 11.1. The van der Waals surface area contributed by atoms with Gasteiger partial charge in [-0.25, -0.2) is 0 Å². The largest absolute Gasteiger partial charge is 0.390 e. The smallest absolute Gasteiger partial charge is 0.281 e. The molecule has 2 fully saturated rings. The third-order valence-corrected chi connectivity index (χ3v) is 6.03. The molecule has 2 saturated heterocycles. The van der Waals surface area contributed by atoms with Crippen molar-refractivity contribution in [1.29, 1.82) is 0 Å². The molecule has 0 aromatic rings. The van der Waals surface area contributed by atoms with Crippen LogP contribution in [0.15, 0.2) is 0 Å². The van der Waals surface area contributed by atoms with Gasteiger partial charge in [-0.15, -0.1) is 0 Å². The van der Waals surface area contributed by atoms with Crippen LogP contribution in [0, 0.1) is 0 Å². The average molecular weight is 276 g/mol. The molecule has 0 amide bonds. The molecule has 0 saturated carbocycles. The predicted molar refractivity (Wildman–Crippen MR) is 70.4 cm³/mol. The molecular weight excluding hydrogens is 252 g/mol. The van der Waals surface area contributed by atoms with Crippen LogP contribution in [0.1, 0.15) is 45.4 Å². The maximum absolute atomic E-state index is 12.5. The van der Waals surface area contributed by atoms with E-state index in [1.54, 1.807) is 15.5 Å². The van der Waals surface area contributed by atoms with Crippen molar-refractivity contribution in [3.63, 3.8) is 0 Å². The van der Waals surface area contributed by atoms with E-state index in [0.29, 0.717) is 39.0 Å².